The molecule has 196 valence electrons. The van der Waals surface area contributed by atoms with E-state index in [-0.39, 0.29) is 5.91 Å². The fourth-order valence-electron chi connectivity index (χ4n) is 5.63. The summed E-state index contributed by atoms with van der Waals surface area (Å²) in [5.74, 6) is 1.10. The van der Waals surface area contributed by atoms with Crippen molar-refractivity contribution in [3.63, 3.8) is 0 Å². The molecule has 1 amide bonds. The Morgan fingerprint density at radius 2 is 1.70 bits per heavy atom. The Morgan fingerprint density at radius 1 is 1.08 bits per heavy atom. The van der Waals surface area contributed by atoms with E-state index in [1.54, 1.807) is 16.4 Å². The number of nitriles is 1. The first-order valence-electron chi connectivity index (χ1n) is 13.1. The summed E-state index contributed by atoms with van der Waals surface area (Å²) in [5, 5.41) is 12.5. The number of amides is 1. The van der Waals surface area contributed by atoms with Gasteiger partial charge >= 0.3 is 0 Å². The first-order valence-corrected chi connectivity index (χ1v) is 14.5. The number of sulfonamides is 1. The van der Waals surface area contributed by atoms with Crippen molar-refractivity contribution >= 4 is 15.9 Å². The van der Waals surface area contributed by atoms with Crippen LogP contribution in [0.25, 0.3) is 11.1 Å². The van der Waals surface area contributed by atoms with E-state index in [1.165, 1.54) is 6.42 Å². The lowest BCUT2D eigenvalue weighted by molar-refractivity contribution is -0.128. The van der Waals surface area contributed by atoms with Crippen molar-refractivity contribution in [1.82, 2.24) is 14.5 Å². The molecule has 1 unspecified atom stereocenters. The zero-order valence-electron chi connectivity index (χ0n) is 21.3. The minimum absolute atomic E-state index is 0.215. The molecule has 0 aromatic heterocycles. The van der Waals surface area contributed by atoms with Crippen LogP contribution in [-0.4, -0.2) is 68.3 Å². The number of likely N-dealkylation sites (N-methyl/N-ethyl adjacent to an activating group) is 1. The molecule has 2 saturated carbocycles. The van der Waals surface area contributed by atoms with Crippen LogP contribution >= 0.6 is 0 Å². The minimum atomic E-state index is -3.50. The van der Waals surface area contributed by atoms with Gasteiger partial charge in [-0.25, -0.2) is 8.42 Å². The van der Waals surface area contributed by atoms with Crippen molar-refractivity contribution in [1.29, 1.82) is 5.26 Å². The second-order valence-electron chi connectivity index (χ2n) is 10.9. The number of rotatable bonds is 7. The Balaban J connectivity index is 1.20. The van der Waals surface area contributed by atoms with E-state index < -0.39 is 21.6 Å². The Labute approximate surface area is 219 Å². The molecule has 5 rings (SSSR count). The summed E-state index contributed by atoms with van der Waals surface area (Å²) < 4.78 is 27.5. The molecule has 9 heteroatoms. The molecule has 8 nitrogen and oxygen atoms in total. The second-order valence-corrected chi connectivity index (χ2v) is 12.9. The van der Waals surface area contributed by atoms with E-state index >= 15 is 0 Å². The van der Waals surface area contributed by atoms with Crippen molar-refractivity contribution in [3.8, 4) is 17.2 Å². The van der Waals surface area contributed by atoms with Gasteiger partial charge in [0.15, 0.2) is 0 Å². The number of hydrogen-bond acceptors (Lipinski definition) is 6. The first kappa shape index (κ1) is 25.9. The Bertz CT molecular complexity index is 1280. The molecule has 4 atom stereocenters. The predicted octanol–water partition coefficient (Wildman–Crippen LogP) is 2.36. The van der Waals surface area contributed by atoms with E-state index in [0.717, 1.165) is 42.1 Å². The number of fused-ring (bicyclic) bond motifs is 1. The van der Waals surface area contributed by atoms with E-state index in [1.807, 2.05) is 43.4 Å². The highest BCUT2D eigenvalue weighted by atomic mass is 32.2. The van der Waals surface area contributed by atoms with Crippen LogP contribution < -0.4 is 11.1 Å². The Kier molecular flexibility index (Phi) is 7.12. The van der Waals surface area contributed by atoms with Crippen LogP contribution in [0.15, 0.2) is 53.4 Å². The molecule has 1 saturated heterocycles. The van der Waals surface area contributed by atoms with Gasteiger partial charge in [-0.05, 0) is 73.4 Å². The SMILES string of the molecule is CN1CCN(S(=O)(=O)c2ccc(-c3ccc(CC(C#N)NC(=O)[C@@]4(N)CC[C@@H]5C[C@@H]5C4)cc3)cc2)CC1. The monoisotopic (exact) mass is 521 g/mol. The summed E-state index contributed by atoms with van der Waals surface area (Å²) in [4.78, 5) is 15.3. The molecule has 3 N–H and O–H groups in total. The number of nitrogens with zero attached hydrogens (tertiary/aromatic N) is 3. The first-order chi connectivity index (χ1) is 17.7. The fourth-order valence-corrected chi connectivity index (χ4v) is 7.05. The molecule has 1 heterocycles. The molecule has 2 aromatic rings. The molecule has 3 aliphatic rings. The fraction of sp³-hybridized carbons (Fsp3) is 0.500. The van der Waals surface area contributed by atoms with E-state index in [0.29, 0.717) is 43.2 Å². The van der Waals surface area contributed by atoms with E-state index in [9.17, 15) is 18.5 Å². The maximum atomic E-state index is 13.0. The van der Waals surface area contributed by atoms with Crippen LogP contribution in [-0.2, 0) is 21.2 Å². The highest BCUT2D eigenvalue weighted by Crippen LogP contribution is 2.52. The highest BCUT2D eigenvalue weighted by Gasteiger charge is 2.50. The van der Waals surface area contributed by atoms with Crippen molar-refractivity contribution in [3.05, 3.63) is 54.1 Å². The normalized spacial score (nSPS) is 27.1. The van der Waals surface area contributed by atoms with Crippen LogP contribution in [0.5, 0.6) is 0 Å². The van der Waals surface area contributed by atoms with Crippen LogP contribution in [0, 0.1) is 23.2 Å². The highest BCUT2D eigenvalue weighted by molar-refractivity contribution is 7.89. The molecule has 2 aliphatic carbocycles. The van der Waals surface area contributed by atoms with Crippen molar-refractivity contribution in [2.45, 2.75) is 48.6 Å². The Hall–Kier alpha value is -2.77. The van der Waals surface area contributed by atoms with Gasteiger partial charge in [0.05, 0.1) is 16.5 Å². The number of piperazine rings is 1. The van der Waals surface area contributed by atoms with E-state index in [2.05, 4.69) is 16.3 Å². The van der Waals surface area contributed by atoms with Crippen molar-refractivity contribution < 1.29 is 13.2 Å². The van der Waals surface area contributed by atoms with Gasteiger partial charge in [-0.15, -0.1) is 0 Å². The maximum absolute atomic E-state index is 13.0. The van der Waals surface area contributed by atoms with Gasteiger partial charge in [0.25, 0.3) is 0 Å². The van der Waals surface area contributed by atoms with Crippen LogP contribution in [0.3, 0.4) is 0 Å². The molecule has 0 spiro atoms. The van der Waals surface area contributed by atoms with Gasteiger partial charge < -0.3 is 16.0 Å². The standard InChI is InChI=1S/C28H35N5O3S/c1-32-12-14-33(15-13-32)37(35,36)26-8-6-22(7-9-26)21-4-2-20(3-5-21)16-25(19-29)31-27(34)28(30)11-10-23-17-24(23)18-28/h2-9,23-25H,10-18,30H2,1H3,(H,31,34)/t23-,24-,25?,28-/m1/s1. The maximum Gasteiger partial charge on any atom is 0.243 e. The summed E-state index contributed by atoms with van der Waals surface area (Å²) in [5.41, 5.74) is 8.36. The average Bonchev–Trinajstić information content (AvgIpc) is 3.67. The molecular formula is C28H35N5O3S. The molecule has 3 fully saturated rings. The quantitative estimate of drug-likeness (QED) is 0.577. The molecule has 0 radical (unpaired) electrons. The van der Waals surface area contributed by atoms with Crippen LogP contribution in [0.4, 0.5) is 0 Å². The molecule has 2 aromatic carbocycles. The average molecular weight is 522 g/mol. The number of benzene rings is 2. The third-order valence-corrected chi connectivity index (χ3v) is 10.2. The van der Waals surface area contributed by atoms with Gasteiger partial charge in [-0.2, -0.15) is 9.57 Å². The molecule has 1 aliphatic heterocycles. The minimum Gasteiger partial charge on any atom is -0.338 e. The van der Waals surface area contributed by atoms with E-state index in [4.69, 9.17) is 5.73 Å². The van der Waals surface area contributed by atoms with Gasteiger partial charge in [0, 0.05) is 32.6 Å². The summed E-state index contributed by atoms with van der Waals surface area (Å²) in [6.45, 7) is 2.46. The van der Waals surface area contributed by atoms with Gasteiger partial charge in [0.1, 0.15) is 6.04 Å². The van der Waals surface area contributed by atoms with Gasteiger partial charge in [-0.1, -0.05) is 36.4 Å². The number of carbonyl (C=O) groups excluding carboxylic acids is 1. The lowest BCUT2D eigenvalue weighted by atomic mass is 9.81. The third kappa shape index (κ3) is 5.58. The zero-order valence-corrected chi connectivity index (χ0v) is 22.1. The lowest BCUT2D eigenvalue weighted by Gasteiger charge is -2.32. The largest absolute Gasteiger partial charge is 0.338 e. The van der Waals surface area contributed by atoms with Crippen LogP contribution in [0.2, 0.25) is 0 Å². The van der Waals surface area contributed by atoms with Crippen molar-refractivity contribution in [2.75, 3.05) is 33.2 Å². The predicted molar refractivity (Wildman–Crippen MR) is 142 cm³/mol. The number of nitrogens with one attached hydrogen (secondary N) is 1. The van der Waals surface area contributed by atoms with Gasteiger partial charge in [-0.3, -0.25) is 4.79 Å². The zero-order chi connectivity index (χ0) is 26.2. The summed E-state index contributed by atoms with van der Waals surface area (Å²) >= 11 is 0. The van der Waals surface area contributed by atoms with Gasteiger partial charge in [0.2, 0.25) is 15.9 Å². The number of carbonyl (C=O) groups is 1. The smallest absolute Gasteiger partial charge is 0.243 e. The number of hydrogen-bond donors (Lipinski definition) is 2. The second kappa shape index (κ2) is 10.2. The molecule has 37 heavy (non-hydrogen) atoms. The third-order valence-electron chi connectivity index (χ3n) is 8.25. The summed E-state index contributed by atoms with van der Waals surface area (Å²) in [6.07, 6.45) is 3.96. The number of nitrogens with two attached hydrogens (primary N) is 1. The topological polar surface area (TPSA) is 120 Å². The summed E-state index contributed by atoms with van der Waals surface area (Å²) in [7, 11) is -1.50. The Morgan fingerprint density at radius 3 is 2.30 bits per heavy atom. The molecular weight excluding hydrogens is 486 g/mol. The molecule has 0 bridgehead atoms. The van der Waals surface area contributed by atoms with Crippen LogP contribution in [0.1, 0.15) is 31.2 Å². The van der Waals surface area contributed by atoms with Crippen molar-refractivity contribution in [2.24, 2.45) is 17.6 Å². The summed E-state index contributed by atoms with van der Waals surface area (Å²) in [6, 6.07) is 16.3. The lowest BCUT2D eigenvalue weighted by Crippen LogP contribution is -2.57.